The first kappa shape index (κ1) is 16.5. The number of sulfonamides is 1. The highest BCUT2D eigenvalue weighted by Crippen LogP contribution is 2.20. The van der Waals surface area contributed by atoms with Crippen molar-refractivity contribution >= 4 is 27.3 Å². The molecule has 2 aromatic carbocycles. The molecule has 24 heavy (non-hydrogen) atoms. The van der Waals surface area contributed by atoms with Crippen molar-refractivity contribution in [2.45, 2.75) is 11.4 Å². The fourth-order valence-corrected chi connectivity index (χ4v) is 3.42. The van der Waals surface area contributed by atoms with Crippen molar-refractivity contribution in [3.05, 3.63) is 77.3 Å². The lowest BCUT2D eigenvalue weighted by Crippen LogP contribution is -2.12. The molecule has 0 aliphatic carbocycles. The van der Waals surface area contributed by atoms with Crippen LogP contribution in [0.15, 0.2) is 65.8 Å². The van der Waals surface area contributed by atoms with Crippen molar-refractivity contribution in [1.82, 2.24) is 9.78 Å². The zero-order chi connectivity index (χ0) is 17.2. The van der Waals surface area contributed by atoms with E-state index < -0.39 is 15.8 Å². The molecule has 1 aromatic heterocycles. The van der Waals surface area contributed by atoms with E-state index in [-0.39, 0.29) is 9.92 Å². The highest BCUT2D eigenvalue weighted by molar-refractivity contribution is 7.92. The number of aromatic nitrogens is 2. The van der Waals surface area contributed by atoms with Crippen LogP contribution in [0.2, 0.25) is 5.02 Å². The summed E-state index contributed by atoms with van der Waals surface area (Å²) in [6.07, 6.45) is 2.94. The lowest BCUT2D eigenvalue weighted by atomic mass is 10.2. The lowest BCUT2D eigenvalue weighted by Gasteiger charge is -2.06. The molecule has 0 unspecified atom stereocenters. The van der Waals surface area contributed by atoms with Crippen LogP contribution in [0.1, 0.15) is 5.56 Å². The lowest BCUT2D eigenvalue weighted by molar-refractivity contribution is 0.601. The minimum Gasteiger partial charge on any atom is -0.276 e. The quantitative estimate of drug-likeness (QED) is 0.752. The molecule has 0 spiro atoms. The van der Waals surface area contributed by atoms with Crippen LogP contribution in [0.5, 0.6) is 0 Å². The minimum absolute atomic E-state index is 0.166. The Labute approximate surface area is 143 Å². The maximum absolute atomic E-state index is 13.1. The van der Waals surface area contributed by atoms with Gasteiger partial charge in [0.05, 0.1) is 23.3 Å². The zero-order valence-electron chi connectivity index (χ0n) is 12.4. The Kier molecular flexibility index (Phi) is 4.55. The molecule has 1 heterocycles. The Morgan fingerprint density at radius 2 is 1.92 bits per heavy atom. The van der Waals surface area contributed by atoms with Gasteiger partial charge in [-0.05, 0) is 29.8 Å². The molecule has 0 aliphatic heterocycles. The number of hydrogen-bond donors (Lipinski definition) is 1. The van der Waals surface area contributed by atoms with Gasteiger partial charge in [-0.25, -0.2) is 12.8 Å². The molecule has 3 aromatic rings. The predicted molar refractivity (Wildman–Crippen MR) is 90.0 cm³/mol. The Balaban J connectivity index is 1.76. The molecular weight excluding hydrogens is 353 g/mol. The molecular formula is C16H13ClFN3O2S. The standard InChI is InChI=1S/C16H13ClFN3O2S/c17-16-8-13(18)7-6-12(16)10-21-11-14(9-19-21)20-24(22,23)15-4-2-1-3-5-15/h1-9,11,20H,10H2. The van der Waals surface area contributed by atoms with Crippen molar-refractivity contribution in [2.24, 2.45) is 0 Å². The van der Waals surface area contributed by atoms with Crippen molar-refractivity contribution < 1.29 is 12.8 Å². The summed E-state index contributed by atoms with van der Waals surface area (Å²) in [5.74, 6) is -0.416. The minimum atomic E-state index is -3.67. The number of rotatable bonds is 5. The van der Waals surface area contributed by atoms with Gasteiger partial charge in [-0.1, -0.05) is 35.9 Å². The van der Waals surface area contributed by atoms with Crippen LogP contribution in [0.4, 0.5) is 10.1 Å². The van der Waals surface area contributed by atoms with Crippen LogP contribution in [0.25, 0.3) is 0 Å². The highest BCUT2D eigenvalue weighted by Gasteiger charge is 2.14. The average Bonchev–Trinajstić information content (AvgIpc) is 2.97. The van der Waals surface area contributed by atoms with E-state index in [9.17, 15) is 12.8 Å². The second kappa shape index (κ2) is 6.62. The first-order valence-electron chi connectivity index (χ1n) is 6.98. The molecule has 0 fully saturated rings. The number of nitrogens with zero attached hydrogens (tertiary/aromatic N) is 2. The number of hydrogen-bond acceptors (Lipinski definition) is 3. The second-order valence-electron chi connectivity index (χ2n) is 5.08. The summed E-state index contributed by atoms with van der Waals surface area (Å²) >= 11 is 5.98. The Bertz CT molecular complexity index is 958. The first-order chi connectivity index (χ1) is 11.4. The van der Waals surface area contributed by atoms with Crippen molar-refractivity contribution in [2.75, 3.05) is 4.72 Å². The first-order valence-corrected chi connectivity index (χ1v) is 8.84. The van der Waals surface area contributed by atoms with E-state index in [0.717, 1.165) is 0 Å². The van der Waals surface area contributed by atoms with Gasteiger partial charge in [0.15, 0.2) is 0 Å². The number of halogens is 2. The molecule has 0 bridgehead atoms. The number of benzene rings is 2. The molecule has 0 atom stereocenters. The molecule has 124 valence electrons. The third-order valence-corrected chi connectivity index (χ3v) is 5.04. The maximum Gasteiger partial charge on any atom is 0.261 e. The van der Waals surface area contributed by atoms with Crippen molar-refractivity contribution in [3.8, 4) is 0 Å². The van der Waals surface area contributed by atoms with Gasteiger partial charge in [-0.15, -0.1) is 0 Å². The second-order valence-corrected chi connectivity index (χ2v) is 7.17. The van der Waals surface area contributed by atoms with Gasteiger partial charge in [0.25, 0.3) is 10.0 Å². The van der Waals surface area contributed by atoms with Crippen LogP contribution in [-0.2, 0) is 16.6 Å². The molecule has 0 radical (unpaired) electrons. The van der Waals surface area contributed by atoms with E-state index in [1.54, 1.807) is 30.5 Å². The number of nitrogens with one attached hydrogen (secondary N) is 1. The van der Waals surface area contributed by atoms with E-state index in [4.69, 9.17) is 11.6 Å². The van der Waals surface area contributed by atoms with Crippen LogP contribution in [-0.4, -0.2) is 18.2 Å². The molecule has 0 aliphatic rings. The summed E-state index contributed by atoms with van der Waals surface area (Å²) in [4.78, 5) is 0.166. The SMILES string of the molecule is O=S(=O)(Nc1cnn(Cc2ccc(F)cc2Cl)c1)c1ccccc1. The van der Waals surface area contributed by atoms with E-state index in [1.165, 1.54) is 35.1 Å². The molecule has 8 heteroatoms. The van der Waals surface area contributed by atoms with E-state index >= 15 is 0 Å². The molecule has 0 saturated heterocycles. The van der Waals surface area contributed by atoms with Gasteiger partial charge >= 0.3 is 0 Å². The van der Waals surface area contributed by atoms with E-state index in [0.29, 0.717) is 17.8 Å². The van der Waals surface area contributed by atoms with Gasteiger partial charge in [0, 0.05) is 11.2 Å². The normalized spacial score (nSPS) is 11.4. The highest BCUT2D eigenvalue weighted by atomic mass is 35.5. The van der Waals surface area contributed by atoms with Crippen LogP contribution in [0, 0.1) is 5.82 Å². The third kappa shape index (κ3) is 3.74. The Hall–Kier alpha value is -2.38. The smallest absolute Gasteiger partial charge is 0.261 e. The molecule has 5 nitrogen and oxygen atoms in total. The van der Waals surface area contributed by atoms with Crippen molar-refractivity contribution in [1.29, 1.82) is 0 Å². The fourth-order valence-electron chi connectivity index (χ4n) is 2.14. The molecule has 3 rings (SSSR count). The summed E-state index contributed by atoms with van der Waals surface area (Å²) in [6, 6.07) is 12.1. The summed E-state index contributed by atoms with van der Waals surface area (Å²) in [5.41, 5.74) is 1.01. The van der Waals surface area contributed by atoms with E-state index in [1.807, 2.05) is 0 Å². The third-order valence-electron chi connectivity index (χ3n) is 3.29. The molecule has 1 N–H and O–H groups in total. The zero-order valence-corrected chi connectivity index (χ0v) is 13.9. The fraction of sp³-hybridized carbons (Fsp3) is 0.0625. The topological polar surface area (TPSA) is 64.0 Å². The molecule has 0 amide bonds. The summed E-state index contributed by atoms with van der Waals surface area (Å²) in [7, 11) is -3.67. The largest absolute Gasteiger partial charge is 0.276 e. The summed E-state index contributed by atoms with van der Waals surface area (Å²) < 4.78 is 41.5. The Morgan fingerprint density at radius 3 is 2.62 bits per heavy atom. The average molecular weight is 366 g/mol. The predicted octanol–water partition coefficient (Wildman–Crippen LogP) is 3.52. The van der Waals surface area contributed by atoms with Crippen molar-refractivity contribution in [3.63, 3.8) is 0 Å². The maximum atomic E-state index is 13.1. The van der Waals surface area contributed by atoms with Crippen LogP contribution < -0.4 is 4.72 Å². The summed E-state index contributed by atoms with van der Waals surface area (Å²) in [6.45, 7) is 0.298. The van der Waals surface area contributed by atoms with Gasteiger partial charge in [0.2, 0.25) is 0 Å². The Morgan fingerprint density at radius 1 is 1.17 bits per heavy atom. The molecule has 0 saturated carbocycles. The number of anilines is 1. The van der Waals surface area contributed by atoms with Gasteiger partial charge in [-0.3, -0.25) is 9.40 Å². The van der Waals surface area contributed by atoms with Crippen LogP contribution >= 0.6 is 11.6 Å². The summed E-state index contributed by atoms with van der Waals surface area (Å²) in [5, 5.41) is 4.38. The van der Waals surface area contributed by atoms with E-state index in [2.05, 4.69) is 9.82 Å². The van der Waals surface area contributed by atoms with Gasteiger partial charge in [0.1, 0.15) is 5.82 Å². The van der Waals surface area contributed by atoms with Crippen LogP contribution in [0.3, 0.4) is 0 Å². The van der Waals surface area contributed by atoms with Gasteiger partial charge in [-0.2, -0.15) is 5.10 Å². The van der Waals surface area contributed by atoms with Gasteiger partial charge < -0.3 is 0 Å². The monoisotopic (exact) mass is 365 g/mol.